The van der Waals surface area contributed by atoms with Crippen LogP contribution in [0, 0.1) is 0 Å². The van der Waals surface area contributed by atoms with Gasteiger partial charge in [-0.2, -0.15) is 0 Å². The summed E-state index contributed by atoms with van der Waals surface area (Å²) in [4.78, 5) is 0. The first-order valence-corrected chi connectivity index (χ1v) is 15.8. The van der Waals surface area contributed by atoms with Crippen molar-refractivity contribution in [1.82, 2.24) is 0 Å². The Morgan fingerprint density at radius 1 is 0.326 bits per heavy atom. The molecule has 0 aliphatic heterocycles. The number of hydrogen-bond acceptors (Lipinski definition) is 0. The average molecular weight is 585 g/mol. The van der Waals surface area contributed by atoms with Gasteiger partial charge in [-0.1, -0.05) is 171 Å². The third-order valence-corrected chi connectivity index (χ3v) is 9.22. The molecule has 0 nitrogen and oxygen atoms in total. The molecular formula is C46H32. The predicted molar refractivity (Wildman–Crippen MR) is 201 cm³/mol. The zero-order valence-electron chi connectivity index (χ0n) is 25.6. The van der Waals surface area contributed by atoms with Crippen LogP contribution >= 0.6 is 0 Å². The standard InChI is InChI=1S/C46H32/c1-3-31-30-44(38-23-10-9-22-37(38)35(31)4-2)33-19-16-20-34(29-33)45-40-25-12-14-27-42(40)46(43-28-15-13-26-41(43)45)39-24-11-8-21-36(39)32-17-6-5-7-18-32/h3-30H,1-2H2. The van der Waals surface area contributed by atoms with Gasteiger partial charge in [0.05, 0.1) is 0 Å². The highest BCUT2D eigenvalue weighted by atomic mass is 14.2. The van der Waals surface area contributed by atoms with E-state index in [-0.39, 0.29) is 0 Å². The lowest BCUT2D eigenvalue weighted by Gasteiger charge is -2.20. The Bertz CT molecular complexity index is 2390. The first-order valence-electron chi connectivity index (χ1n) is 15.8. The number of rotatable bonds is 6. The summed E-state index contributed by atoms with van der Waals surface area (Å²) in [6, 6.07) is 57.2. The highest BCUT2D eigenvalue weighted by Gasteiger charge is 2.19. The molecule has 0 heteroatoms. The number of benzene rings is 8. The first-order chi connectivity index (χ1) is 22.8. The van der Waals surface area contributed by atoms with Crippen LogP contribution in [-0.2, 0) is 0 Å². The highest BCUT2D eigenvalue weighted by Crippen LogP contribution is 2.46. The predicted octanol–water partition coefficient (Wildman–Crippen LogP) is 13.1. The van der Waals surface area contributed by atoms with E-state index < -0.39 is 0 Å². The second-order valence-electron chi connectivity index (χ2n) is 11.7. The summed E-state index contributed by atoms with van der Waals surface area (Å²) in [5.41, 5.74) is 12.0. The van der Waals surface area contributed by atoms with Crippen molar-refractivity contribution >= 4 is 44.5 Å². The molecule has 0 bridgehead atoms. The van der Waals surface area contributed by atoms with Crippen molar-refractivity contribution in [2.45, 2.75) is 0 Å². The van der Waals surface area contributed by atoms with Crippen molar-refractivity contribution < 1.29 is 0 Å². The molecule has 0 aromatic heterocycles. The minimum atomic E-state index is 1.09. The van der Waals surface area contributed by atoms with Crippen LogP contribution in [0.4, 0.5) is 0 Å². The van der Waals surface area contributed by atoms with Gasteiger partial charge in [0, 0.05) is 0 Å². The minimum Gasteiger partial charge on any atom is -0.0984 e. The van der Waals surface area contributed by atoms with E-state index in [4.69, 9.17) is 0 Å². The molecule has 46 heavy (non-hydrogen) atoms. The molecule has 0 spiro atoms. The molecule has 0 unspecified atom stereocenters. The molecule has 216 valence electrons. The van der Waals surface area contributed by atoms with E-state index in [0.29, 0.717) is 0 Å². The van der Waals surface area contributed by atoms with E-state index >= 15 is 0 Å². The van der Waals surface area contributed by atoms with Crippen molar-refractivity contribution in [2.24, 2.45) is 0 Å². The van der Waals surface area contributed by atoms with Crippen LogP contribution < -0.4 is 0 Å². The smallest absolute Gasteiger partial charge is 0.00201 e. The molecular weight excluding hydrogens is 553 g/mol. The van der Waals surface area contributed by atoms with Crippen molar-refractivity contribution in [2.75, 3.05) is 0 Å². The van der Waals surface area contributed by atoms with E-state index in [9.17, 15) is 0 Å². The molecule has 0 saturated heterocycles. The summed E-state index contributed by atoms with van der Waals surface area (Å²) >= 11 is 0. The zero-order valence-corrected chi connectivity index (χ0v) is 25.6. The van der Waals surface area contributed by atoms with Gasteiger partial charge in [-0.3, -0.25) is 0 Å². The van der Waals surface area contributed by atoms with Crippen LogP contribution in [0.15, 0.2) is 171 Å². The Balaban J connectivity index is 1.42. The van der Waals surface area contributed by atoms with Crippen LogP contribution in [0.25, 0.3) is 89.0 Å². The third kappa shape index (κ3) is 4.47. The van der Waals surface area contributed by atoms with Gasteiger partial charge in [0.15, 0.2) is 0 Å². The van der Waals surface area contributed by atoms with Gasteiger partial charge >= 0.3 is 0 Å². The zero-order chi connectivity index (χ0) is 31.0. The fourth-order valence-corrected chi connectivity index (χ4v) is 7.20. The van der Waals surface area contributed by atoms with E-state index in [0.717, 1.165) is 11.1 Å². The Labute approximate surface area is 270 Å². The van der Waals surface area contributed by atoms with Crippen LogP contribution in [0.3, 0.4) is 0 Å². The lowest BCUT2D eigenvalue weighted by atomic mass is 9.83. The van der Waals surface area contributed by atoms with Crippen LogP contribution in [0.2, 0.25) is 0 Å². The lowest BCUT2D eigenvalue weighted by molar-refractivity contribution is 1.60. The molecule has 8 rings (SSSR count). The van der Waals surface area contributed by atoms with Gasteiger partial charge in [-0.25, -0.2) is 0 Å². The molecule has 0 radical (unpaired) electrons. The topological polar surface area (TPSA) is 0 Å². The van der Waals surface area contributed by atoms with E-state index in [1.54, 1.807) is 0 Å². The van der Waals surface area contributed by atoms with Crippen LogP contribution in [-0.4, -0.2) is 0 Å². The van der Waals surface area contributed by atoms with Crippen molar-refractivity contribution in [3.63, 3.8) is 0 Å². The van der Waals surface area contributed by atoms with Crippen LogP contribution in [0.1, 0.15) is 11.1 Å². The normalized spacial score (nSPS) is 11.2. The summed E-state index contributed by atoms with van der Waals surface area (Å²) < 4.78 is 0. The van der Waals surface area contributed by atoms with Gasteiger partial charge in [0.1, 0.15) is 0 Å². The van der Waals surface area contributed by atoms with Gasteiger partial charge in [-0.15, -0.1) is 0 Å². The highest BCUT2D eigenvalue weighted by molar-refractivity contribution is 6.22. The summed E-state index contributed by atoms with van der Waals surface area (Å²) in [5.74, 6) is 0. The second-order valence-corrected chi connectivity index (χ2v) is 11.7. The maximum absolute atomic E-state index is 4.13. The molecule has 0 fully saturated rings. The molecule has 8 aromatic carbocycles. The average Bonchev–Trinajstić information content (AvgIpc) is 3.13. The van der Waals surface area contributed by atoms with Crippen molar-refractivity contribution in [3.05, 3.63) is 182 Å². The lowest BCUT2D eigenvalue weighted by Crippen LogP contribution is -1.93. The van der Waals surface area contributed by atoms with E-state index in [2.05, 4.69) is 171 Å². The van der Waals surface area contributed by atoms with Crippen LogP contribution in [0.5, 0.6) is 0 Å². The Kier molecular flexibility index (Phi) is 6.89. The molecule has 0 aliphatic carbocycles. The maximum Gasteiger partial charge on any atom is -0.00201 e. The van der Waals surface area contributed by atoms with E-state index in [1.165, 1.54) is 76.8 Å². The SMILES string of the molecule is C=Cc1cc(-c2cccc(-c3c4ccccc4c(-c4ccccc4-c4ccccc4)c4ccccc34)c2)c2ccccc2c1C=C. The summed E-state index contributed by atoms with van der Waals surface area (Å²) in [6.45, 7) is 8.23. The maximum atomic E-state index is 4.13. The van der Waals surface area contributed by atoms with Gasteiger partial charge in [0.25, 0.3) is 0 Å². The summed E-state index contributed by atoms with van der Waals surface area (Å²) in [5, 5.41) is 7.39. The summed E-state index contributed by atoms with van der Waals surface area (Å²) in [7, 11) is 0. The summed E-state index contributed by atoms with van der Waals surface area (Å²) in [6.07, 6.45) is 3.87. The molecule has 0 aliphatic rings. The molecule has 0 saturated carbocycles. The van der Waals surface area contributed by atoms with Crippen molar-refractivity contribution in [3.8, 4) is 44.5 Å². The second kappa shape index (κ2) is 11.5. The number of fused-ring (bicyclic) bond motifs is 3. The van der Waals surface area contributed by atoms with Crippen molar-refractivity contribution in [1.29, 1.82) is 0 Å². The largest absolute Gasteiger partial charge is 0.0984 e. The molecule has 0 heterocycles. The third-order valence-electron chi connectivity index (χ3n) is 9.22. The molecule has 0 atom stereocenters. The fraction of sp³-hybridized carbons (Fsp3) is 0. The van der Waals surface area contributed by atoms with Gasteiger partial charge in [-0.05, 0) is 100 Å². The molecule has 0 amide bonds. The molecule has 0 N–H and O–H groups in total. The van der Waals surface area contributed by atoms with Gasteiger partial charge in [0.2, 0.25) is 0 Å². The molecule has 8 aromatic rings. The first kappa shape index (κ1) is 27.6. The monoisotopic (exact) mass is 584 g/mol. The Morgan fingerprint density at radius 3 is 1.46 bits per heavy atom. The quantitative estimate of drug-likeness (QED) is 0.171. The Hall–Kier alpha value is -5.98. The number of hydrogen-bond donors (Lipinski definition) is 0. The van der Waals surface area contributed by atoms with E-state index in [1.807, 2.05) is 12.2 Å². The van der Waals surface area contributed by atoms with Gasteiger partial charge < -0.3 is 0 Å². The fourth-order valence-electron chi connectivity index (χ4n) is 7.20. The minimum absolute atomic E-state index is 1.09. The Morgan fingerprint density at radius 2 is 0.826 bits per heavy atom.